The highest BCUT2D eigenvalue weighted by atomic mass is 15.3. The highest BCUT2D eigenvalue weighted by Gasteiger charge is 2.02. The number of nitrogens with zero attached hydrogens (tertiary/aromatic N) is 4. The number of nitrogens with one attached hydrogen (secondary N) is 1. The van der Waals surface area contributed by atoms with Gasteiger partial charge in [0.2, 0.25) is 5.71 Å². The number of hydrogen-bond donors (Lipinski definition) is 1. The maximum Gasteiger partial charge on any atom is 0.237 e. The van der Waals surface area contributed by atoms with E-state index in [1.807, 2.05) is 24.3 Å². The molecule has 0 aliphatic rings. The van der Waals surface area contributed by atoms with Crippen LogP contribution in [0, 0.1) is 22.7 Å². The van der Waals surface area contributed by atoms with Gasteiger partial charge in [-0.05, 0) is 30.8 Å². The van der Waals surface area contributed by atoms with E-state index < -0.39 is 0 Å². The highest BCUT2D eigenvalue weighted by Crippen LogP contribution is 2.12. The van der Waals surface area contributed by atoms with E-state index >= 15 is 0 Å². The molecule has 98 valence electrons. The summed E-state index contributed by atoms with van der Waals surface area (Å²) < 4.78 is 0. The van der Waals surface area contributed by atoms with E-state index in [9.17, 15) is 0 Å². The van der Waals surface area contributed by atoms with Gasteiger partial charge >= 0.3 is 0 Å². The van der Waals surface area contributed by atoms with Crippen LogP contribution in [0.3, 0.4) is 0 Å². The van der Waals surface area contributed by atoms with Crippen molar-refractivity contribution in [3.05, 3.63) is 29.8 Å². The molecule has 0 bridgehead atoms. The lowest BCUT2D eigenvalue weighted by atomic mass is 10.2. The van der Waals surface area contributed by atoms with Crippen molar-refractivity contribution in [2.75, 3.05) is 18.5 Å². The molecule has 5 nitrogen and oxygen atoms in total. The lowest BCUT2D eigenvalue weighted by Crippen LogP contribution is -2.22. The minimum atomic E-state index is -0.186. The predicted octanol–water partition coefficient (Wildman–Crippen LogP) is 2.34. The van der Waals surface area contributed by atoms with Crippen molar-refractivity contribution >= 4 is 11.4 Å². The lowest BCUT2D eigenvalue weighted by Gasteiger charge is -2.18. The minimum Gasteiger partial charge on any atom is -0.300 e. The zero-order valence-electron chi connectivity index (χ0n) is 11.2. The Morgan fingerprint density at radius 1 is 1.26 bits per heavy atom. The molecule has 0 aromatic heterocycles. The molecule has 0 aliphatic carbocycles. The van der Waals surface area contributed by atoms with Crippen LogP contribution < -0.4 is 5.43 Å². The van der Waals surface area contributed by atoms with Crippen LogP contribution in [0.4, 0.5) is 5.69 Å². The zero-order valence-corrected chi connectivity index (χ0v) is 11.2. The Balaban J connectivity index is 2.76. The molecule has 0 saturated carbocycles. The first kappa shape index (κ1) is 14.7. The number of hydrogen-bond acceptors (Lipinski definition) is 5. The van der Waals surface area contributed by atoms with Gasteiger partial charge in [0.25, 0.3) is 0 Å². The van der Waals surface area contributed by atoms with E-state index in [-0.39, 0.29) is 5.71 Å². The summed E-state index contributed by atoms with van der Waals surface area (Å²) in [5.41, 5.74) is 4.47. The van der Waals surface area contributed by atoms with Crippen LogP contribution in [0.5, 0.6) is 0 Å². The third-order valence-electron chi connectivity index (χ3n) is 2.74. The van der Waals surface area contributed by atoms with E-state index in [2.05, 4.69) is 29.3 Å². The molecule has 1 aromatic rings. The van der Waals surface area contributed by atoms with Gasteiger partial charge in [0.15, 0.2) is 0 Å². The van der Waals surface area contributed by atoms with Crippen molar-refractivity contribution in [1.82, 2.24) is 4.90 Å². The van der Waals surface area contributed by atoms with Crippen LogP contribution in [-0.4, -0.2) is 23.7 Å². The van der Waals surface area contributed by atoms with Crippen LogP contribution in [-0.2, 0) is 6.54 Å². The van der Waals surface area contributed by atoms with Crippen LogP contribution in [0.25, 0.3) is 0 Å². The van der Waals surface area contributed by atoms with E-state index in [1.165, 1.54) is 5.56 Å². The van der Waals surface area contributed by atoms with Crippen LogP contribution in [0.1, 0.15) is 19.4 Å². The molecule has 5 heteroatoms. The van der Waals surface area contributed by atoms with Crippen molar-refractivity contribution in [3.8, 4) is 12.1 Å². The van der Waals surface area contributed by atoms with Crippen molar-refractivity contribution in [2.45, 2.75) is 20.4 Å². The maximum absolute atomic E-state index is 8.59. The minimum absolute atomic E-state index is 0.186. The van der Waals surface area contributed by atoms with Gasteiger partial charge in [-0.2, -0.15) is 15.6 Å². The van der Waals surface area contributed by atoms with Crippen LogP contribution >= 0.6 is 0 Å². The average Bonchev–Trinajstić information content (AvgIpc) is 2.46. The normalized spacial score (nSPS) is 9.53. The molecule has 0 atom stereocenters. The SMILES string of the molecule is CCN(CC)Cc1cccc(NN=C(C#N)C#N)c1. The highest BCUT2D eigenvalue weighted by molar-refractivity contribution is 6.10. The van der Waals surface area contributed by atoms with E-state index in [4.69, 9.17) is 10.5 Å². The van der Waals surface area contributed by atoms with Gasteiger partial charge in [0.05, 0.1) is 5.69 Å². The second kappa shape index (κ2) is 7.86. The van der Waals surface area contributed by atoms with Crippen LogP contribution in [0.2, 0.25) is 0 Å². The number of anilines is 1. The van der Waals surface area contributed by atoms with Crippen molar-refractivity contribution < 1.29 is 0 Å². The molecule has 1 rings (SSSR count). The number of hydrazone groups is 1. The molecule has 0 fully saturated rings. The summed E-state index contributed by atoms with van der Waals surface area (Å²) in [4.78, 5) is 2.30. The lowest BCUT2D eigenvalue weighted by molar-refractivity contribution is 0.296. The Bertz CT molecular complexity index is 501. The number of rotatable bonds is 6. The molecular formula is C14H17N5. The summed E-state index contributed by atoms with van der Waals surface area (Å²) in [6.07, 6.45) is 0. The Kier molecular flexibility index (Phi) is 6.08. The molecular weight excluding hydrogens is 238 g/mol. The van der Waals surface area contributed by atoms with Gasteiger partial charge in [-0.25, -0.2) is 0 Å². The van der Waals surface area contributed by atoms with E-state index in [0.29, 0.717) is 0 Å². The maximum atomic E-state index is 8.59. The summed E-state index contributed by atoms with van der Waals surface area (Å²) >= 11 is 0. The zero-order chi connectivity index (χ0) is 14.1. The molecule has 0 unspecified atom stereocenters. The first-order chi connectivity index (χ1) is 9.23. The third kappa shape index (κ3) is 4.79. The van der Waals surface area contributed by atoms with Crippen molar-refractivity contribution in [2.24, 2.45) is 5.10 Å². The molecule has 0 aliphatic heterocycles. The largest absolute Gasteiger partial charge is 0.300 e. The van der Waals surface area contributed by atoms with Gasteiger partial charge < -0.3 is 0 Å². The second-order valence-electron chi connectivity index (χ2n) is 3.96. The van der Waals surface area contributed by atoms with E-state index in [0.717, 1.165) is 25.3 Å². The first-order valence-corrected chi connectivity index (χ1v) is 6.18. The Morgan fingerprint density at radius 2 is 1.95 bits per heavy atom. The Hall–Kier alpha value is -2.37. The van der Waals surface area contributed by atoms with Gasteiger partial charge in [0.1, 0.15) is 12.1 Å². The fourth-order valence-corrected chi connectivity index (χ4v) is 1.64. The molecule has 0 heterocycles. The standard InChI is InChI=1S/C14H17N5/c1-3-19(4-2)11-12-6-5-7-13(8-12)17-18-14(9-15)10-16/h5-8,17H,3-4,11H2,1-2H3. The summed E-state index contributed by atoms with van der Waals surface area (Å²) in [6.45, 7) is 7.12. The molecule has 0 amide bonds. The third-order valence-corrected chi connectivity index (χ3v) is 2.74. The van der Waals surface area contributed by atoms with Gasteiger partial charge in [-0.15, -0.1) is 0 Å². The summed E-state index contributed by atoms with van der Waals surface area (Å²) in [6, 6.07) is 11.2. The predicted molar refractivity (Wildman–Crippen MR) is 75.4 cm³/mol. The molecule has 1 aromatic carbocycles. The van der Waals surface area contributed by atoms with Gasteiger partial charge in [-0.3, -0.25) is 10.3 Å². The molecule has 0 spiro atoms. The summed E-state index contributed by atoms with van der Waals surface area (Å²) in [5.74, 6) is 0. The first-order valence-electron chi connectivity index (χ1n) is 6.18. The van der Waals surface area contributed by atoms with E-state index in [1.54, 1.807) is 12.1 Å². The summed E-state index contributed by atoms with van der Waals surface area (Å²) in [7, 11) is 0. The monoisotopic (exact) mass is 255 g/mol. The van der Waals surface area contributed by atoms with Gasteiger partial charge in [-0.1, -0.05) is 26.0 Å². The van der Waals surface area contributed by atoms with Crippen molar-refractivity contribution in [1.29, 1.82) is 10.5 Å². The molecule has 0 radical (unpaired) electrons. The van der Waals surface area contributed by atoms with Crippen molar-refractivity contribution in [3.63, 3.8) is 0 Å². The molecule has 0 saturated heterocycles. The molecule has 1 N–H and O–H groups in total. The average molecular weight is 255 g/mol. The fraction of sp³-hybridized carbons (Fsp3) is 0.357. The molecule has 19 heavy (non-hydrogen) atoms. The Labute approximate surface area is 113 Å². The topological polar surface area (TPSA) is 75.2 Å². The smallest absolute Gasteiger partial charge is 0.237 e. The second-order valence-corrected chi connectivity index (χ2v) is 3.96. The van der Waals surface area contributed by atoms with Crippen LogP contribution in [0.15, 0.2) is 29.4 Å². The van der Waals surface area contributed by atoms with Gasteiger partial charge in [0, 0.05) is 6.54 Å². The number of benzene rings is 1. The Morgan fingerprint density at radius 3 is 2.53 bits per heavy atom. The summed E-state index contributed by atoms with van der Waals surface area (Å²) in [5, 5.41) is 20.9. The number of nitriles is 2. The fourth-order valence-electron chi connectivity index (χ4n) is 1.64. The quantitative estimate of drug-likeness (QED) is 0.625.